The first-order chi connectivity index (χ1) is 10.7. The van der Waals surface area contributed by atoms with Crippen molar-refractivity contribution >= 4 is 35.0 Å². The molecular formula is C15H11Cl2N5. The second-order valence-electron chi connectivity index (χ2n) is 4.41. The lowest BCUT2D eigenvalue weighted by molar-refractivity contribution is 0.787. The molecule has 0 aliphatic heterocycles. The summed E-state index contributed by atoms with van der Waals surface area (Å²) in [7, 11) is 0. The molecule has 0 radical (unpaired) electrons. The number of aromatic nitrogens is 4. The highest BCUT2D eigenvalue weighted by molar-refractivity contribution is 6.30. The molecule has 0 aliphatic rings. The van der Waals surface area contributed by atoms with Crippen LogP contribution in [0, 0.1) is 0 Å². The fourth-order valence-corrected chi connectivity index (χ4v) is 2.07. The van der Waals surface area contributed by atoms with E-state index in [1.54, 1.807) is 29.1 Å². The van der Waals surface area contributed by atoms with Crippen molar-refractivity contribution in [3.63, 3.8) is 0 Å². The van der Waals surface area contributed by atoms with Gasteiger partial charge in [0.25, 0.3) is 0 Å². The molecule has 1 N–H and O–H groups in total. The summed E-state index contributed by atoms with van der Waals surface area (Å²) in [6.45, 7) is 0. The lowest BCUT2D eigenvalue weighted by atomic mass is 10.3. The topological polar surface area (TPSA) is 55.6 Å². The van der Waals surface area contributed by atoms with Gasteiger partial charge in [0.05, 0.1) is 5.69 Å². The monoisotopic (exact) mass is 331 g/mol. The summed E-state index contributed by atoms with van der Waals surface area (Å²) in [5.74, 6) is 0.601. The number of rotatable bonds is 4. The Bertz CT molecular complexity index is 778. The van der Waals surface area contributed by atoms with Gasteiger partial charge in [0.1, 0.15) is 0 Å². The van der Waals surface area contributed by atoms with Crippen LogP contribution in [0.15, 0.2) is 54.7 Å². The first kappa shape index (κ1) is 14.6. The molecular weight excluding hydrogens is 321 g/mol. The Hall–Kier alpha value is -2.37. The maximum Gasteiger partial charge on any atom is 0.181 e. The second-order valence-corrected chi connectivity index (χ2v) is 5.28. The van der Waals surface area contributed by atoms with Gasteiger partial charge in [-0.3, -0.25) is 0 Å². The Morgan fingerprint density at radius 3 is 2.23 bits per heavy atom. The summed E-state index contributed by atoms with van der Waals surface area (Å²) in [4.78, 5) is 0. The van der Waals surface area contributed by atoms with Gasteiger partial charge in [0.15, 0.2) is 5.82 Å². The Labute approximate surface area is 137 Å². The van der Waals surface area contributed by atoms with Gasteiger partial charge < -0.3 is 5.32 Å². The molecule has 0 bridgehead atoms. The number of hydrogen-bond acceptors (Lipinski definition) is 4. The van der Waals surface area contributed by atoms with E-state index < -0.39 is 0 Å². The standard InChI is InChI=1S/C15H11Cl2N5/c16-11-1-5-13(6-2-11)18-10-9-15-19-20-21-22(15)14-7-3-12(17)4-8-14/h1-10,18H. The molecule has 0 saturated heterocycles. The molecule has 3 aromatic rings. The highest BCUT2D eigenvalue weighted by Crippen LogP contribution is 2.15. The van der Waals surface area contributed by atoms with Crippen LogP contribution in [0.25, 0.3) is 11.8 Å². The van der Waals surface area contributed by atoms with Gasteiger partial charge in [-0.1, -0.05) is 23.2 Å². The molecule has 0 saturated carbocycles. The van der Waals surface area contributed by atoms with Crippen molar-refractivity contribution < 1.29 is 0 Å². The summed E-state index contributed by atoms with van der Waals surface area (Å²) in [5.41, 5.74) is 1.76. The van der Waals surface area contributed by atoms with E-state index in [-0.39, 0.29) is 0 Å². The van der Waals surface area contributed by atoms with Crippen molar-refractivity contribution in [2.45, 2.75) is 0 Å². The summed E-state index contributed by atoms with van der Waals surface area (Å²) < 4.78 is 1.62. The number of nitrogens with one attached hydrogen (secondary N) is 1. The van der Waals surface area contributed by atoms with E-state index in [0.29, 0.717) is 15.9 Å². The van der Waals surface area contributed by atoms with Crippen LogP contribution in [0.2, 0.25) is 10.0 Å². The van der Waals surface area contributed by atoms with Crippen LogP contribution < -0.4 is 5.32 Å². The average Bonchev–Trinajstić information content (AvgIpc) is 2.98. The van der Waals surface area contributed by atoms with Gasteiger partial charge in [0.2, 0.25) is 0 Å². The van der Waals surface area contributed by atoms with Crippen molar-refractivity contribution in [3.8, 4) is 5.69 Å². The molecule has 0 fully saturated rings. The number of hydrogen-bond donors (Lipinski definition) is 1. The SMILES string of the molecule is Clc1ccc(NC=Cc2nnnn2-c2ccc(Cl)cc2)cc1. The zero-order valence-electron chi connectivity index (χ0n) is 11.3. The van der Waals surface area contributed by atoms with Gasteiger partial charge in [-0.2, -0.15) is 4.68 Å². The summed E-state index contributed by atoms with van der Waals surface area (Å²) >= 11 is 11.7. The van der Waals surface area contributed by atoms with Gasteiger partial charge in [-0.15, -0.1) is 5.10 Å². The minimum atomic E-state index is 0.601. The highest BCUT2D eigenvalue weighted by atomic mass is 35.5. The zero-order chi connectivity index (χ0) is 15.4. The predicted octanol–water partition coefficient (Wildman–Crippen LogP) is 4.05. The van der Waals surface area contributed by atoms with E-state index >= 15 is 0 Å². The molecule has 3 rings (SSSR count). The Kier molecular flexibility index (Phi) is 4.37. The van der Waals surface area contributed by atoms with Crippen molar-refractivity contribution in [2.75, 3.05) is 5.32 Å². The Morgan fingerprint density at radius 1 is 0.909 bits per heavy atom. The molecule has 0 atom stereocenters. The van der Waals surface area contributed by atoms with E-state index in [2.05, 4.69) is 20.8 Å². The van der Waals surface area contributed by atoms with Crippen LogP contribution in [0.1, 0.15) is 5.82 Å². The van der Waals surface area contributed by atoms with Gasteiger partial charge in [-0.05, 0) is 59.0 Å². The lowest BCUT2D eigenvalue weighted by Gasteiger charge is -2.02. The zero-order valence-corrected chi connectivity index (χ0v) is 12.8. The van der Waals surface area contributed by atoms with Gasteiger partial charge in [-0.25, -0.2) is 0 Å². The quantitative estimate of drug-likeness (QED) is 0.783. The summed E-state index contributed by atoms with van der Waals surface area (Å²) in [6, 6.07) is 14.7. The third kappa shape index (κ3) is 3.44. The molecule has 0 unspecified atom stereocenters. The molecule has 7 heteroatoms. The molecule has 1 heterocycles. The molecule has 5 nitrogen and oxygen atoms in total. The number of nitrogens with zero attached hydrogens (tertiary/aromatic N) is 4. The maximum absolute atomic E-state index is 5.88. The number of halogens is 2. The molecule has 2 aromatic carbocycles. The smallest absolute Gasteiger partial charge is 0.181 e. The van der Waals surface area contributed by atoms with Crippen LogP contribution in [0.5, 0.6) is 0 Å². The molecule has 1 aromatic heterocycles. The average molecular weight is 332 g/mol. The minimum Gasteiger partial charge on any atom is -0.362 e. The lowest BCUT2D eigenvalue weighted by Crippen LogP contribution is -1.99. The molecule has 0 amide bonds. The first-order valence-corrected chi connectivity index (χ1v) is 7.21. The van der Waals surface area contributed by atoms with Crippen molar-refractivity contribution in [1.82, 2.24) is 20.2 Å². The molecule has 110 valence electrons. The van der Waals surface area contributed by atoms with Crippen LogP contribution >= 0.6 is 23.2 Å². The fourth-order valence-electron chi connectivity index (χ4n) is 1.82. The second kappa shape index (κ2) is 6.60. The largest absolute Gasteiger partial charge is 0.362 e. The fraction of sp³-hybridized carbons (Fsp3) is 0. The van der Waals surface area contributed by atoms with E-state index in [1.165, 1.54) is 0 Å². The van der Waals surface area contributed by atoms with Crippen molar-refractivity contribution in [1.29, 1.82) is 0 Å². The number of benzene rings is 2. The normalized spacial score (nSPS) is 11.0. The van der Waals surface area contributed by atoms with E-state index in [0.717, 1.165) is 11.4 Å². The van der Waals surface area contributed by atoms with Crippen LogP contribution in [0.4, 0.5) is 5.69 Å². The van der Waals surface area contributed by atoms with Crippen molar-refractivity contribution in [3.05, 3.63) is 70.6 Å². The Morgan fingerprint density at radius 2 is 1.55 bits per heavy atom. The molecule has 22 heavy (non-hydrogen) atoms. The predicted molar refractivity (Wildman–Crippen MR) is 88.3 cm³/mol. The third-order valence-electron chi connectivity index (χ3n) is 2.89. The molecule has 0 spiro atoms. The van der Waals surface area contributed by atoms with E-state index in [1.807, 2.05) is 36.4 Å². The van der Waals surface area contributed by atoms with Crippen LogP contribution in [-0.4, -0.2) is 20.2 Å². The van der Waals surface area contributed by atoms with Crippen LogP contribution in [0.3, 0.4) is 0 Å². The highest BCUT2D eigenvalue weighted by Gasteiger charge is 2.04. The number of tetrazole rings is 1. The van der Waals surface area contributed by atoms with E-state index in [4.69, 9.17) is 23.2 Å². The van der Waals surface area contributed by atoms with E-state index in [9.17, 15) is 0 Å². The van der Waals surface area contributed by atoms with Gasteiger partial charge >= 0.3 is 0 Å². The Balaban J connectivity index is 1.76. The maximum atomic E-state index is 5.88. The summed E-state index contributed by atoms with van der Waals surface area (Å²) in [5, 5.41) is 16.1. The third-order valence-corrected chi connectivity index (χ3v) is 3.40. The first-order valence-electron chi connectivity index (χ1n) is 6.45. The van der Waals surface area contributed by atoms with Gasteiger partial charge in [0, 0.05) is 28.0 Å². The summed E-state index contributed by atoms with van der Waals surface area (Å²) in [6.07, 6.45) is 3.55. The van der Waals surface area contributed by atoms with Crippen molar-refractivity contribution in [2.24, 2.45) is 0 Å². The molecule has 0 aliphatic carbocycles. The van der Waals surface area contributed by atoms with Crippen LogP contribution in [-0.2, 0) is 0 Å². The minimum absolute atomic E-state index is 0.601. The number of anilines is 1.